The van der Waals surface area contributed by atoms with Crippen molar-refractivity contribution in [1.82, 2.24) is 0 Å². The Kier molecular flexibility index (Phi) is 9.65. The van der Waals surface area contributed by atoms with Crippen molar-refractivity contribution < 1.29 is 9.53 Å². The SMILES string of the molecule is CCCCCSCCCCC(C)(N)C(=O)OC. The molecule has 17 heavy (non-hydrogen) atoms. The normalized spacial score (nSPS) is 14.4. The summed E-state index contributed by atoms with van der Waals surface area (Å²) in [4.78, 5) is 11.3. The first-order valence-corrected chi connectivity index (χ1v) is 7.65. The van der Waals surface area contributed by atoms with Crippen molar-refractivity contribution in [3.8, 4) is 0 Å². The van der Waals surface area contributed by atoms with Crippen molar-refractivity contribution in [3.63, 3.8) is 0 Å². The molecule has 0 radical (unpaired) electrons. The van der Waals surface area contributed by atoms with E-state index < -0.39 is 5.54 Å². The standard InChI is InChI=1S/C13H27NO2S/c1-4-5-7-10-17-11-8-6-9-13(2,14)12(15)16-3/h4-11,14H2,1-3H3. The largest absolute Gasteiger partial charge is 0.468 e. The van der Waals surface area contributed by atoms with Crippen molar-refractivity contribution >= 4 is 17.7 Å². The van der Waals surface area contributed by atoms with E-state index in [0.29, 0.717) is 6.42 Å². The Hall–Kier alpha value is -0.220. The molecule has 0 rings (SSSR count). The molecule has 0 amide bonds. The molecule has 0 aliphatic carbocycles. The van der Waals surface area contributed by atoms with E-state index in [-0.39, 0.29) is 5.97 Å². The van der Waals surface area contributed by atoms with E-state index in [1.165, 1.54) is 37.9 Å². The zero-order valence-electron chi connectivity index (χ0n) is 11.5. The number of hydrogen-bond acceptors (Lipinski definition) is 4. The van der Waals surface area contributed by atoms with Gasteiger partial charge in [0.1, 0.15) is 5.54 Å². The topological polar surface area (TPSA) is 52.3 Å². The molecule has 0 saturated carbocycles. The molecule has 4 heteroatoms. The lowest BCUT2D eigenvalue weighted by Crippen LogP contribution is -2.45. The Bertz CT molecular complexity index is 208. The highest BCUT2D eigenvalue weighted by molar-refractivity contribution is 7.99. The average Bonchev–Trinajstić information content (AvgIpc) is 2.31. The van der Waals surface area contributed by atoms with Gasteiger partial charge in [-0.1, -0.05) is 26.2 Å². The molecule has 0 saturated heterocycles. The summed E-state index contributed by atoms with van der Waals surface area (Å²) in [5.41, 5.74) is 5.05. The summed E-state index contributed by atoms with van der Waals surface area (Å²) in [6.45, 7) is 3.97. The number of hydrogen-bond donors (Lipinski definition) is 1. The number of ether oxygens (including phenoxy) is 1. The van der Waals surface area contributed by atoms with Gasteiger partial charge in [0.2, 0.25) is 0 Å². The Balaban J connectivity index is 3.42. The third-order valence-electron chi connectivity index (χ3n) is 2.78. The number of carbonyl (C=O) groups is 1. The van der Waals surface area contributed by atoms with Crippen LogP contribution in [-0.4, -0.2) is 30.1 Å². The van der Waals surface area contributed by atoms with Crippen LogP contribution in [0.1, 0.15) is 52.4 Å². The van der Waals surface area contributed by atoms with Gasteiger partial charge in [-0.25, -0.2) is 0 Å². The summed E-state index contributed by atoms with van der Waals surface area (Å²) in [5, 5.41) is 0. The van der Waals surface area contributed by atoms with Crippen LogP contribution >= 0.6 is 11.8 Å². The molecule has 0 heterocycles. The van der Waals surface area contributed by atoms with Gasteiger partial charge in [-0.3, -0.25) is 4.79 Å². The predicted octanol–water partition coefficient (Wildman–Crippen LogP) is 2.97. The molecule has 102 valence electrons. The van der Waals surface area contributed by atoms with Gasteiger partial charge in [-0.2, -0.15) is 11.8 Å². The summed E-state index contributed by atoms with van der Waals surface area (Å²) < 4.78 is 4.67. The second-order valence-corrected chi connectivity index (χ2v) is 5.91. The minimum atomic E-state index is -0.818. The van der Waals surface area contributed by atoms with Crippen molar-refractivity contribution in [2.75, 3.05) is 18.6 Å². The molecule has 0 aromatic heterocycles. The molecule has 0 aliphatic rings. The molecule has 1 atom stereocenters. The number of methoxy groups -OCH3 is 1. The van der Waals surface area contributed by atoms with Crippen LogP contribution in [0.3, 0.4) is 0 Å². The minimum absolute atomic E-state index is 0.312. The second-order valence-electron chi connectivity index (χ2n) is 4.69. The van der Waals surface area contributed by atoms with Crippen molar-refractivity contribution in [3.05, 3.63) is 0 Å². The van der Waals surface area contributed by atoms with Crippen LogP contribution in [0.4, 0.5) is 0 Å². The molecule has 0 aromatic carbocycles. The molecule has 0 bridgehead atoms. The minimum Gasteiger partial charge on any atom is -0.468 e. The van der Waals surface area contributed by atoms with Crippen molar-refractivity contribution in [1.29, 1.82) is 0 Å². The van der Waals surface area contributed by atoms with Crippen LogP contribution in [-0.2, 0) is 9.53 Å². The third kappa shape index (κ3) is 8.50. The molecule has 0 aromatic rings. The van der Waals surface area contributed by atoms with Gasteiger partial charge >= 0.3 is 5.97 Å². The number of rotatable bonds is 10. The molecular weight excluding hydrogens is 234 g/mol. The fraction of sp³-hybridized carbons (Fsp3) is 0.923. The van der Waals surface area contributed by atoms with E-state index in [0.717, 1.165) is 12.8 Å². The van der Waals surface area contributed by atoms with Gasteiger partial charge in [-0.15, -0.1) is 0 Å². The first-order chi connectivity index (χ1) is 8.04. The van der Waals surface area contributed by atoms with Crippen LogP contribution in [0.25, 0.3) is 0 Å². The number of unbranched alkanes of at least 4 members (excludes halogenated alkanes) is 3. The molecular formula is C13H27NO2S. The van der Waals surface area contributed by atoms with E-state index in [1.54, 1.807) is 6.92 Å². The van der Waals surface area contributed by atoms with Gasteiger partial charge in [-0.05, 0) is 37.7 Å². The zero-order valence-corrected chi connectivity index (χ0v) is 12.3. The number of thioether (sulfide) groups is 1. The average molecular weight is 261 g/mol. The first-order valence-electron chi connectivity index (χ1n) is 6.49. The summed E-state index contributed by atoms with van der Waals surface area (Å²) in [5.74, 6) is 2.11. The van der Waals surface area contributed by atoms with Gasteiger partial charge in [0.15, 0.2) is 0 Å². The van der Waals surface area contributed by atoms with Crippen LogP contribution in [0.5, 0.6) is 0 Å². The summed E-state index contributed by atoms with van der Waals surface area (Å²) in [7, 11) is 1.39. The predicted molar refractivity (Wildman–Crippen MR) is 75.3 cm³/mol. The summed E-state index contributed by atoms with van der Waals surface area (Å²) >= 11 is 2.00. The number of nitrogens with two attached hydrogens (primary N) is 1. The Morgan fingerprint density at radius 1 is 1.24 bits per heavy atom. The Labute approximate surface area is 110 Å². The van der Waals surface area contributed by atoms with Crippen LogP contribution in [0.2, 0.25) is 0 Å². The van der Waals surface area contributed by atoms with Gasteiger partial charge in [0.05, 0.1) is 7.11 Å². The number of carbonyl (C=O) groups excluding carboxylic acids is 1. The highest BCUT2D eigenvalue weighted by Crippen LogP contribution is 2.15. The third-order valence-corrected chi connectivity index (χ3v) is 3.93. The fourth-order valence-electron chi connectivity index (χ4n) is 1.59. The van der Waals surface area contributed by atoms with E-state index in [4.69, 9.17) is 5.73 Å². The summed E-state index contributed by atoms with van der Waals surface area (Å²) in [6, 6.07) is 0. The maximum atomic E-state index is 11.3. The Morgan fingerprint density at radius 3 is 2.35 bits per heavy atom. The van der Waals surface area contributed by atoms with E-state index in [9.17, 15) is 4.79 Å². The van der Waals surface area contributed by atoms with Crippen LogP contribution < -0.4 is 5.73 Å². The van der Waals surface area contributed by atoms with Gasteiger partial charge in [0.25, 0.3) is 0 Å². The Morgan fingerprint density at radius 2 is 1.82 bits per heavy atom. The number of esters is 1. The molecule has 0 fully saturated rings. The lowest BCUT2D eigenvalue weighted by Gasteiger charge is -2.20. The fourth-order valence-corrected chi connectivity index (χ4v) is 2.61. The molecule has 0 spiro atoms. The van der Waals surface area contributed by atoms with Gasteiger partial charge < -0.3 is 10.5 Å². The maximum absolute atomic E-state index is 11.3. The zero-order chi connectivity index (χ0) is 13.1. The second kappa shape index (κ2) is 9.77. The van der Waals surface area contributed by atoms with Crippen LogP contribution in [0, 0.1) is 0 Å². The molecule has 3 nitrogen and oxygen atoms in total. The van der Waals surface area contributed by atoms with Crippen LogP contribution in [0.15, 0.2) is 0 Å². The smallest absolute Gasteiger partial charge is 0.325 e. The lowest BCUT2D eigenvalue weighted by molar-refractivity contribution is -0.146. The molecule has 1 unspecified atom stereocenters. The van der Waals surface area contributed by atoms with Crippen molar-refractivity contribution in [2.24, 2.45) is 5.73 Å². The van der Waals surface area contributed by atoms with E-state index in [2.05, 4.69) is 11.7 Å². The monoisotopic (exact) mass is 261 g/mol. The highest BCUT2D eigenvalue weighted by atomic mass is 32.2. The lowest BCUT2D eigenvalue weighted by atomic mass is 9.97. The molecule has 2 N–H and O–H groups in total. The molecule has 0 aliphatic heterocycles. The summed E-state index contributed by atoms with van der Waals surface area (Å²) in [6.07, 6.45) is 6.75. The first kappa shape index (κ1) is 16.8. The van der Waals surface area contributed by atoms with Gasteiger partial charge in [0, 0.05) is 0 Å². The van der Waals surface area contributed by atoms with E-state index >= 15 is 0 Å². The maximum Gasteiger partial charge on any atom is 0.325 e. The van der Waals surface area contributed by atoms with E-state index in [1.807, 2.05) is 11.8 Å². The quantitative estimate of drug-likeness (QED) is 0.485. The van der Waals surface area contributed by atoms with Crippen molar-refractivity contribution in [2.45, 2.75) is 57.9 Å². The highest BCUT2D eigenvalue weighted by Gasteiger charge is 2.28.